The number of rotatable bonds is 3. The summed E-state index contributed by atoms with van der Waals surface area (Å²) in [5.41, 5.74) is 1.89. The monoisotopic (exact) mass is 300 g/mol. The first-order chi connectivity index (χ1) is 10.2. The fourth-order valence-electron chi connectivity index (χ4n) is 2.69. The van der Waals surface area contributed by atoms with Gasteiger partial charge in [0, 0.05) is 23.9 Å². The van der Waals surface area contributed by atoms with Crippen molar-refractivity contribution >= 4 is 28.8 Å². The molecule has 0 radical (unpaired) electrons. The van der Waals surface area contributed by atoms with Gasteiger partial charge in [-0.15, -0.1) is 11.3 Å². The van der Waals surface area contributed by atoms with Gasteiger partial charge in [0.15, 0.2) is 0 Å². The fraction of sp³-hybridized carbons (Fsp3) is 0.250. The molecule has 0 aliphatic carbocycles. The molecule has 1 N–H and O–H groups in total. The summed E-state index contributed by atoms with van der Waals surface area (Å²) < 4.78 is 0. The minimum Gasteiger partial charge on any atom is -0.349 e. The topological polar surface area (TPSA) is 49.4 Å². The average molecular weight is 300 g/mol. The van der Waals surface area contributed by atoms with Gasteiger partial charge in [-0.3, -0.25) is 14.5 Å². The van der Waals surface area contributed by atoms with Crippen LogP contribution < -0.4 is 10.2 Å². The molecular weight excluding hydrogens is 284 g/mol. The smallest absolute Gasteiger partial charge is 0.243 e. The van der Waals surface area contributed by atoms with Crippen molar-refractivity contribution in [1.82, 2.24) is 5.32 Å². The Kier molecular flexibility index (Phi) is 3.75. The summed E-state index contributed by atoms with van der Waals surface area (Å²) in [5, 5.41) is 4.91. The van der Waals surface area contributed by atoms with Crippen LogP contribution in [0, 0.1) is 0 Å². The number of carbonyl (C=O) groups is 2. The fourth-order valence-corrected chi connectivity index (χ4v) is 3.33. The summed E-state index contributed by atoms with van der Waals surface area (Å²) in [7, 11) is 0. The molecule has 0 bridgehead atoms. The summed E-state index contributed by atoms with van der Waals surface area (Å²) in [4.78, 5) is 27.0. The zero-order chi connectivity index (χ0) is 14.8. The van der Waals surface area contributed by atoms with Crippen molar-refractivity contribution in [2.45, 2.75) is 25.9 Å². The van der Waals surface area contributed by atoms with Crippen molar-refractivity contribution in [3.63, 3.8) is 0 Å². The van der Waals surface area contributed by atoms with Crippen LogP contribution in [0.5, 0.6) is 0 Å². The third-order valence-corrected chi connectivity index (χ3v) is 4.51. The summed E-state index contributed by atoms with van der Waals surface area (Å²) in [6, 6.07) is 11.2. The summed E-state index contributed by atoms with van der Waals surface area (Å²) in [5.74, 6) is -0.203. The van der Waals surface area contributed by atoms with Crippen LogP contribution in [0.15, 0.2) is 41.8 Å². The Morgan fingerprint density at radius 2 is 2.10 bits per heavy atom. The van der Waals surface area contributed by atoms with Gasteiger partial charge >= 0.3 is 0 Å². The molecule has 1 aromatic heterocycles. The van der Waals surface area contributed by atoms with E-state index < -0.39 is 6.04 Å². The summed E-state index contributed by atoms with van der Waals surface area (Å²) >= 11 is 1.61. The van der Waals surface area contributed by atoms with Crippen molar-refractivity contribution < 1.29 is 9.59 Å². The van der Waals surface area contributed by atoms with Gasteiger partial charge in [0.1, 0.15) is 6.04 Å². The van der Waals surface area contributed by atoms with E-state index in [-0.39, 0.29) is 11.8 Å². The largest absolute Gasteiger partial charge is 0.349 e. The SMILES string of the molecule is CC(=O)N1c2ccccc2C[C@H]1C(=O)NCc1cccs1. The molecule has 0 unspecified atom stereocenters. The maximum Gasteiger partial charge on any atom is 0.243 e. The highest BCUT2D eigenvalue weighted by Crippen LogP contribution is 2.32. The lowest BCUT2D eigenvalue weighted by atomic mass is 10.1. The number of nitrogens with zero attached hydrogens (tertiary/aromatic N) is 1. The molecule has 0 saturated carbocycles. The van der Waals surface area contributed by atoms with Crippen LogP contribution in [0.25, 0.3) is 0 Å². The molecule has 1 aliphatic heterocycles. The number of nitrogens with one attached hydrogen (secondary N) is 1. The molecule has 3 rings (SSSR count). The molecule has 108 valence electrons. The van der Waals surface area contributed by atoms with Gasteiger partial charge in [0.2, 0.25) is 11.8 Å². The number of fused-ring (bicyclic) bond motifs is 1. The zero-order valence-corrected chi connectivity index (χ0v) is 12.5. The highest BCUT2D eigenvalue weighted by molar-refractivity contribution is 7.09. The second-order valence-electron chi connectivity index (χ2n) is 5.03. The predicted molar refractivity (Wildman–Crippen MR) is 83.3 cm³/mol. The maximum absolute atomic E-state index is 12.4. The van der Waals surface area contributed by atoms with Gasteiger partial charge in [-0.2, -0.15) is 0 Å². The van der Waals surface area contributed by atoms with Crippen molar-refractivity contribution in [3.8, 4) is 0 Å². The Balaban J connectivity index is 1.76. The van der Waals surface area contributed by atoms with E-state index in [1.807, 2.05) is 41.8 Å². The van der Waals surface area contributed by atoms with E-state index >= 15 is 0 Å². The third kappa shape index (κ3) is 2.69. The van der Waals surface area contributed by atoms with Gasteiger partial charge in [0.25, 0.3) is 0 Å². The zero-order valence-electron chi connectivity index (χ0n) is 11.7. The minimum absolute atomic E-state index is 0.101. The second kappa shape index (κ2) is 5.69. The summed E-state index contributed by atoms with van der Waals surface area (Å²) in [6.45, 7) is 2.01. The van der Waals surface area contributed by atoms with Gasteiger partial charge in [0.05, 0.1) is 6.54 Å². The van der Waals surface area contributed by atoms with Crippen molar-refractivity contribution in [2.75, 3.05) is 4.90 Å². The molecule has 0 saturated heterocycles. The molecule has 4 nitrogen and oxygen atoms in total. The van der Waals surface area contributed by atoms with E-state index in [4.69, 9.17) is 0 Å². The first kappa shape index (κ1) is 13.8. The quantitative estimate of drug-likeness (QED) is 0.946. The van der Waals surface area contributed by atoms with E-state index in [1.165, 1.54) is 6.92 Å². The molecule has 2 heterocycles. The van der Waals surface area contributed by atoms with Crippen molar-refractivity contribution in [1.29, 1.82) is 0 Å². The number of thiophene rings is 1. The van der Waals surface area contributed by atoms with E-state index in [9.17, 15) is 9.59 Å². The number of hydrogen-bond acceptors (Lipinski definition) is 3. The molecule has 5 heteroatoms. The highest BCUT2D eigenvalue weighted by atomic mass is 32.1. The van der Waals surface area contributed by atoms with Gasteiger partial charge < -0.3 is 5.32 Å². The number of hydrogen-bond donors (Lipinski definition) is 1. The van der Waals surface area contributed by atoms with E-state index in [2.05, 4.69) is 5.32 Å². The van der Waals surface area contributed by atoms with Crippen LogP contribution in [0.4, 0.5) is 5.69 Å². The van der Waals surface area contributed by atoms with Crippen molar-refractivity contribution in [3.05, 3.63) is 52.2 Å². The van der Waals surface area contributed by atoms with Gasteiger partial charge in [-0.1, -0.05) is 24.3 Å². The van der Waals surface area contributed by atoms with E-state index in [0.29, 0.717) is 13.0 Å². The number of benzene rings is 1. The normalized spacial score (nSPS) is 16.6. The van der Waals surface area contributed by atoms with E-state index in [0.717, 1.165) is 16.1 Å². The van der Waals surface area contributed by atoms with Crippen LogP contribution in [-0.4, -0.2) is 17.9 Å². The number of para-hydroxylation sites is 1. The number of anilines is 1. The molecular formula is C16H16N2O2S. The molecule has 2 amide bonds. The van der Waals surface area contributed by atoms with Crippen LogP contribution in [-0.2, 0) is 22.6 Å². The van der Waals surface area contributed by atoms with Crippen LogP contribution in [0.2, 0.25) is 0 Å². The Hall–Kier alpha value is -2.14. The highest BCUT2D eigenvalue weighted by Gasteiger charge is 2.36. The first-order valence-electron chi connectivity index (χ1n) is 6.84. The Morgan fingerprint density at radius 1 is 1.29 bits per heavy atom. The molecule has 1 atom stereocenters. The molecule has 21 heavy (non-hydrogen) atoms. The lowest BCUT2D eigenvalue weighted by molar-refractivity contribution is -0.125. The van der Waals surface area contributed by atoms with Crippen molar-refractivity contribution in [2.24, 2.45) is 0 Å². The Bertz CT molecular complexity index is 667. The van der Waals surface area contributed by atoms with E-state index in [1.54, 1.807) is 16.2 Å². The van der Waals surface area contributed by atoms with Crippen LogP contribution in [0.1, 0.15) is 17.4 Å². The molecule has 0 fully saturated rings. The molecule has 1 aromatic carbocycles. The molecule has 0 spiro atoms. The van der Waals surface area contributed by atoms with Gasteiger partial charge in [-0.05, 0) is 23.1 Å². The summed E-state index contributed by atoms with van der Waals surface area (Å²) in [6.07, 6.45) is 0.575. The maximum atomic E-state index is 12.4. The predicted octanol–water partition coefficient (Wildman–Crippen LogP) is 2.34. The third-order valence-electron chi connectivity index (χ3n) is 3.63. The minimum atomic E-state index is -0.445. The van der Waals surface area contributed by atoms with Crippen LogP contribution >= 0.6 is 11.3 Å². The Labute approximate surface area is 127 Å². The lowest BCUT2D eigenvalue weighted by Gasteiger charge is -2.23. The Morgan fingerprint density at radius 3 is 2.81 bits per heavy atom. The molecule has 2 aromatic rings. The van der Waals surface area contributed by atoms with Crippen LogP contribution in [0.3, 0.4) is 0 Å². The molecule has 1 aliphatic rings. The number of amides is 2. The second-order valence-corrected chi connectivity index (χ2v) is 6.07. The first-order valence-corrected chi connectivity index (χ1v) is 7.72. The van der Waals surface area contributed by atoms with Gasteiger partial charge in [-0.25, -0.2) is 0 Å². The number of carbonyl (C=O) groups excluding carboxylic acids is 2. The average Bonchev–Trinajstić information content (AvgIpc) is 3.11. The standard InChI is InChI=1S/C16H16N2O2S/c1-11(19)18-14-7-3-2-5-12(14)9-15(18)16(20)17-10-13-6-4-8-21-13/h2-8,15H,9-10H2,1H3,(H,17,20)/t15-/m0/s1. The lowest BCUT2D eigenvalue weighted by Crippen LogP contribution is -2.47.